The predicted octanol–water partition coefficient (Wildman–Crippen LogP) is 5.51. The Hall–Kier alpha value is -0.680. The minimum Gasteiger partial charge on any atom is -0.383 e. The maximum atomic E-state index is 10.4. The number of benzene rings is 2. The molecule has 2 aromatic carbocycles. The van der Waals surface area contributed by atoms with Crippen LogP contribution in [0.5, 0.6) is 0 Å². The van der Waals surface area contributed by atoms with E-state index < -0.39 is 6.10 Å². The van der Waals surface area contributed by atoms with Crippen molar-refractivity contribution >= 4 is 54.0 Å². The number of halogens is 2. The van der Waals surface area contributed by atoms with Crippen LogP contribution < -0.4 is 0 Å². The molecule has 1 nitrogen and oxygen atoms in total. The topological polar surface area (TPSA) is 20.2 Å². The molecule has 1 heterocycles. The van der Waals surface area contributed by atoms with Crippen LogP contribution in [0, 0.1) is 0 Å². The molecule has 3 aromatic rings. The Morgan fingerprint density at radius 1 is 0.895 bits per heavy atom. The van der Waals surface area contributed by atoms with E-state index in [1.54, 1.807) is 11.3 Å². The lowest BCUT2D eigenvalue weighted by atomic mass is 10.0. The van der Waals surface area contributed by atoms with Gasteiger partial charge in [-0.1, -0.05) is 34.1 Å². The van der Waals surface area contributed by atoms with Gasteiger partial charge in [-0.05, 0) is 62.6 Å². The van der Waals surface area contributed by atoms with E-state index in [1.807, 2.05) is 36.4 Å². The minimum absolute atomic E-state index is 0.565. The van der Waals surface area contributed by atoms with Crippen molar-refractivity contribution in [3.8, 4) is 0 Å². The molecule has 1 N–H and O–H groups in total. The Kier molecular flexibility index (Phi) is 3.76. The second-order valence-electron chi connectivity index (χ2n) is 4.30. The van der Waals surface area contributed by atoms with E-state index in [-0.39, 0.29) is 0 Å². The molecule has 4 heteroatoms. The second-order valence-corrected chi connectivity index (χ2v) is 7.71. The van der Waals surface area contributed by atoms with E-state index in [1.165, 1.54) is 0 Å². The fourth-order valence-electron chi connectivity index (χ4n) is 2.04. The first-order chi connectivity index (χ1) is 9.13. The lowest BCUT2D eigenvalue weighted by molar-refractivity contribution is 0.224. The molecule has 1 atom stereocenters. The average Bonchev–Trinajstić information content (AvgIpc) is 2.84. The molecule has 3 rings (SSSR count). The summed E-state index contributed by atoms with van der Waals surface area (Å²) in [5, 5.41) is 12.7. The molecule has 1 aromatic heterocycles. The molecule has 0 aliphatic carbocycles. The fraction of sp³-hybridized carbons (Fsp3) is 0.0667. The molecule has 0 saturated heterocycles. The number of thiophene rings is 1. The molecule has 0 bridgehead atoms. The Morgan fingerprint density at radius 2 is 1.63 bits per heavy atom. The van der Waals surface area contributed by atoms with Crippen LogP contribution in [0.15, 0.2) is 56.8 Å². The van der Waals surface area contributed by atoms with Crippen LogP contribution in [0.2, 0.25) is 0 Å². The number of fused-ring (bicyclic) bond motifs is 1. The first kappa shape index (κ1) is 13.3. The van der Waals surface area contributed by atoms with Crippen molar-refractivity contribution in [1.82, 2.24) is 0 Å². The van der Waals surface area contributed by atoms with Gasteiger partial charge in [0.05, 0.1) is 3.79 Å². The third-order valence-corrected chi connectivity index (χ3v) is 5.17. The fourth-order valence-corrected chi connectivity index (χ4v) is 3.86. The van der Waals surface area contributed by atoms with Crippen molar-refractivity contribution in [1.29, 1.82) is 0 Å². The monoisotopic (exact) mass is 396 g/mol. The third kappa shape index (κ3) is 2.77. The molecule has 0 saturated carbocycles. The van der Waals surface area contributed by atoms with E-state index in [0.717, 1.165) is 29.5 Å². The molecule has 0 aliphatic heterocycles. The Labute approximate surface area is 132 Å². The molecule has 96 valence electrons. The molecule has 0 radical (unpaired) electrons. The molecular weight excluding hydrogens is 388 g/mol. The average molecular weight is 398 g/mol. The van der Waals surface area contributed by atoms with Gasteiger partial charge in [0.1, 0.15) is 6.10 Å². The molecule has 0 fully saturated rings. The standard InChI is InChI=1S/C15H10Br2OS/c16-12-4-3-9-7-11(2-1-10(9)8-12)15(18)13-5-6-14(17)19-13/h1-8,15,18H. The van der Waals surface area contributed by atoms with Crippen LogP contribution in [0.1, 0.15) is 16.5 Å². The molecule has 0 amide bonds. The summed E-state index contributed by atoms with van der Waals surface area (Å²) in [6, 6.07) is 16.1. The largest absolute Gasteiger partial charge is 0.383 e. The predicted molar refractivity (Wildman–Crippen MR) is 87.7 cm³/mol. The lowest BCUT2D eigenvalue weighted by Crippen LogP contribution is -1.96. The molecule has 19 heavy (non-hydrogen) atoms. The van der Waals surface area contributed by atoms with Gasteiger partial charge in [0.25, 0.3) is 0 Å². The Morgan fingerprint density at radius 3 is 2.37 bits per heavy atom. The number of rotatable bonds is 2. The summed E-state index contributed by atoms with van der Waals surface area (Å²) in [4.78, 5) is 0.948. The minimum atomic E-state index is -0.565. The van der Waals surface area contributed by atoms with E-state index in [9.17, 15) is 5.11 Å². The first-order valence-corrected chi connectivity index (χ1v) is 8.16. The highest BCUT2D eigenvalue weighted by molar-refractivity contribution is 9.11. The summed E-state index contributed by atoms with van der Waals surface area (Å²) in [5.41, 5.74) is 0.921. The zero-order chi connectivity index (χ0) is 13.4. The van der Waals surface area contributed by atoms with E-state index in [0.29, 0.717) is 0 Å². The van der Waals surface area contributed by atoms with Gasteiger partial charge in [0.2, 0.25) is 0 Å². The van der Waals surface area contributed by atoms with Crippen molar-refractivity contribution in [2.24, 2.45) is 0 Å². The normalized spacial score (nSPS) is 12.8. The van der Waals surface area contributed by atoms with E-state index in [2.05, 4.69) is 44.0 Å². The van der Waals surface area contributed by atoms with E-state index in [4.69, 9.17) is 0 Å². The van der Waals surface area contributed by atoms with Crippen LogP contribution in [0.4, 0.5) is 0 Å². The first-order valence-electron chi connectivity index (χ1n) is 5.76. The molecule has 0 spiro atoms. The van der Waals surface area contributed by atoms with Crippen molar-refractivity contribution in [3.05, 3.63) is 67.2 Å². The van der Waals surface area contributed by atoms with Crippen molar-refractivity contribution in [2.75, 3.05) is 0 Å². The number of hydrogen-bond acceptors (Lipinski definition) is 2. The number of aliphatic hydroxyl groups excluding tert-OH is 1. The lowest BCUT2D eigenvalue weighted by Gasteiger charge is -2.10. The van der Waals surface area contributed by atoms with Gasteiger partial charge in [-0.3, -0.25) is 0 Å². The second kappa shape index (κ2) is 5.37. The van der Waals surface area contributed by atoms with Crippen LogP contribution in [-0.2, 0) is 0 Å². The van der Waals surface area contributed by atoms with Crippen molar-refractivity contribution in [3.63, 3.8) is 0 Å². The summed E-state index contributed by atoms with van der Waals surface area (Å²) in [5.74, 6) is 0. The molecule has 1 unspecified atom stereocenters. The van der Waals surface area contributed by atoms with Gasteiger partial charge in [0.15, 0.2) is 0 Å². The Bertz CT molecular complexity index is 736. The summed E-state index contributed by atoms with van der Waals surface area (Å²) in [6.45, 7) is 0. The highest BCUT2D eigenvalue weighted by atomic mass is 79.9. The van der Waals surface area contributed by atoms with Gasteiger partial charge in [-0.15, -0.1) is 11.3 Å². The van der Waals surface area contributed by atoms with Crippen LogP contribution in [0.25, 0.3) is 10.8 Å². The van der Waals surface area contributed by atoms with Gasteiger partial charge in [0, 0.05) is 9.35 Å². The summed E-state index contributed by atoms with van der Waals surface area (Å²) in [7, 11) is 0. The SMILES string of the molecule is OC(c1ccc2cc(Br)ccc2c1)c1ccc(Br)s1. The van der Waals surface area contributed by atoms with E-state index >= 15 is 0 Å². The van der Waals surface area contributed by atoms with Gasteiger partial charge in [-0.2, -0.15) is 0 Å². The van der Waals surface area contributed by atoms with Crippen LogP contribution in [-0.4, -0.2) is 5.11 Å². The van der Waals surface area contributed by atoms with Gasteiger partial charge in [-0.25, -0.2) is 0 Å². The highest BCUT2D eigenvalue weighted by Gasteiger charge is 2.13. The quantitative estimate of drug-likeness (QED) is 0.604. The summed E-state index contributed by atoms with van der Waals surface area (Å²) < 4.78 is 2.10. The summed E-state index contributed by atoms with van der Waals surface area (Å²) in [6.07, 6.45) is -0.565. The summed E-state index contributed by atoms with van der Waals surface area (Å²) >= 11 is 8.45. The van der Waals surface area contributed by atoms with Crippen molar-refractivity contribution in [2.45, 2.75) is 6.10 Å². The zero-order valence-corrected chi connectivity index (χ0v) is 13.8. The Balaban J connectivity index is 2.03. The number of hydrogen-bond donors (Lipinski definition) is 1. The molecular formula is C15H10Br2OS. The van der Waals surface area contributed by atoms with Crippen LogP contribution >= 0.6 is 43.2 Å². The smallest absolute Gasteiger partial charge is 0.113 e. The zero-order valence-electron chi connectivity index (χ0n) is 9.81. The maximum absolute atomic E-state index is 10.4. The maximum Gasteiger partial charge on any atom is 0.113 e. The van der Waals surface area contributed by atoms with Gasteiger partial charge >= 0.3 is 0 Å². The van der Waals surface area contributed by atoms with Crippen LogP contribution in [0.3, 0.4) is 0 Å². The highest BCUT2D eigenvalue weighted by Crippen LogP contribution is 2.32. The molecule has 0 aliphatic rings. The van der Waals surface area contributed by atoms with Gasteiger partial charge < -0.3 is 5.11 Å². The number of aliphatic hydroxyl groups is 1. The van der Waals surface area contributed by atoms with Crippen molar-refractivity contribution < 1.29 is 5.11 Å². The third-order valence-electron chi connectivity index (χ3n) is 3.01.